The number of hydrogen-bond acceptors (Lipinski definition) is 2. The van der Waals surface area contributed by atoms with Crippen LogP contribution in [-0.2, 0) is 0 Å². The van der Waals surface area contributed by atoms with E-state index in [2.05, 4.69) is 4.98 Å². The first-order chi connectivity index (χ1) is 8.58. The fourth-order valence-corrected chi connectivity index (χ4v) is 2.36. The lowest BCUT2D eigenvalue weighted by atomic mass is 9.98. The Morgan fingerprint density at radius 1 is 1.50 bits per heavy atom. The molecule has 0 aliphatic carbocycles. The Hall–Kier alpha value is -1.55. The van der Waals surface area contributed by atoms with Crippen molar-refractivity contribution in [2.24, 2.45) is 0 Å². The van der Waals surface area contributed by atoms with Crippen molar-refractivity contribution in [1.29, 1.82) is 0 Å². The van der Waals surface area contributed by atoms with Crippen LogP contribution in [0.1, 0.15) is 48.8 Å². The Morgan fingerprint density at radius 2 is 2.17 bits per heavy atom. The molecule has 1 N–H and O–H groups in total. The van der Waals surface area contributed by atoms with Crippen LogP contribution >= 0.6 is 11.6 Å². The molecule has 2 aromatic rings. The minimum Gasteiger partial charge on any atom is -0.477 e. The SMILES string of the molecule is CCC(CC)c1nc2cc(Cl)ccn2c1C(=O)O. The van der Waals surface area contributed by atoms with Crippen molar-refractivity contribution >= 4 is 23.2 Å². The molecule has 0 fully saturated rings. The molecule has 0 aromatic carbocycles. The minimum atomic E-state index is -0.952. The molecule has 0 bridgehead atoms. The lowest BCUT2D eigenvalue weighted by Crippen LogP contribution is -2.08. The van der Waals surface area contributed by atoms with Crippen molar-refractivity contribution in [3.8, 4) is 0 Å². The highest BCUT2D eigenvalue weighted by atomic mass is 35.5. The third-order valence-electron chi connectivity index (χ3n) is 3.19. The zero-order chi connectivity index (χ0) is 13.3. The Labute approximate surface area is 110 Å². The van der Waals surface area contributed by atoms with Gasteiger partial charge in [0.05, 0.1) is 5.69 Å². The van der Waals surface area contributed by atoms with Gasteiger partial charge in [0.25, 0.3) is 0 Å². The number of pyridine rings is 1. The summed E-state index contributed by atoms with van der Waals surface area (Å²) < 4.78 is 1.59. The van der Waals surface area contributed by atoms with Gasteiger partial charge in [0.1, 0.15) is 5.65 Å². The highest BCUT2D eigenvalue weighted by Crippen LogP contribution is 2.27. The Balaban J connectivity index is 2.72. The predicted octanol–water partition coefficient (Wildman–Crippen LogP) is 3.59. The van der Waals surface area contributed by atoms with Gasteiger partial charge in [-0.1, -0.05) is 25.4 Å². The molecule has 0 saturated heterocycles. The molecular formula is C13H15ClN2O2. The van der Waals surface area contributed by atoms with E-state index < -0.39 is 5.97 Å². The third-order valence-corrected chi connectivity index (χ3v) is 3.43. The highest BCUT2D eigenvalue weighted by molar-refractivity contribution is 6.30. The van der Waals surface area contributed by atoms with E-state index in [4.69, 9.17) is 11.6 Å². The maximum Gasteiger partial charge on any atom is 0.354 e. The number of hydrogen-bond donors (Lipinski definition) is 1. The topological polar surface area (TPSA) is 54.6 Å². The molecule has 96 valence electrons. The van der Waals surface area contributed by atoms with Crippen LogP contribution < -0.4 is 0 Å². The lowest BCUT2D eigenvalue weighted by Gasteiger charge is -2.09. The van der Waals surface area contributed by atoms with E-state index in [1.165, 1.54) is 0 Å². The molecule has 0 amide bonds. The first-order valence-electron chi connectivity index (χ1n) is 5.99. The average Bonchev–Trinajstić information content (AvgIpc) is 2.68. The maximum absolute atomic E-state index is 11.4. The standard InChI is InChI=1S/C13H15ClN2O2/c1-3-8(4-2)11-12(13(17)18)16-6-5-9(14)7-10(16)15-11/h5-8H,3-4H2,1-2H3,(H,17,18). The molecule has 0 spiro atoms. The number of aromatic carboxylic acids is 1. The molecule has 2 heterocycles. The van der Waals surface area contributed by atoms with Crippen LogP contribution in [0.5, 0.6) is 0 Å². The van der Waals surface area contributed by atoms with Crippen LogP contribution in [0.15, 0.2) is 18.3 Å². The van der Waals surface area contributed by atoms with E-state index in [0.29, 0.717) is 16.4 Å². The van der Waals surface area contributed by atoms with E-state index in [1.54, 1.807) is 22.7 Å². The number of aromatic nitrogens is 2. The number of imidazole rings is 1. The van der Waals surface area contributed by atoms with E-state index in [0.717, 1.165) is 12.8 Å². The van der Waals surface area contributed by atoms with Gasteiger partial charge in [-0.05, 0) is 18.9 Å². The van der Waals surface area contributed by atoms with E-state index in [1.807, 2.05) is 13.8 Å². The molecule has 2 rings (SSSR count). The van der Waals surface area contributed by atoms with Gasteiger partial charge in [0, 0.05) is 23.2 Å². The van der Waals surface area contributed by atoms with Crippen LogP contribution in [0, 0.1) is 0 Å². The second-order valence-electron chi connectivity index (χ2n) is 4.24. The van der Waals surface area contributed by atoms with Crippen LogP contribution in [0.2, 0.25) is 5.02 Å². The first kappa shape index (κ1) is 12.9. The summed E-state index contributed by atoms with van der Waals surface area (Å²) in [5.74, 6) is -0.790. The summed E-state index contributed by atoms with van der Waals surface area (Å²) in [5.41, 5.74) is 1.48. The highest BCUT2D eigenvalue weighted by Gasteiger charge is 2.23. The first-order valence-corrected chi connectivity index (χ1v) is 6.37. The fourth-order valence-electron chi connectivity index (χ4n) is 2.21. The Bertz CT molecular complexity index is 588. The summed E-state index contributed by atoms with van der Waals surface area (Å²) in [6.07, 6.45) is 3.39. The van der Waals surface area contributed by atoms with Gasteiger partial charge in [0.15, 0.2) is 5.69 Å². The number of rotatable bonds is 4. The van der Waals surface area contributed by atoms with Gasteiger partial charge < -0.3 is 5.11 Å². The van der Waals surface area contributed by atoms with Crippen molar-refractivity contribution in [2.75, 3.05) is 0 Å². The number of nitrogens with zero attached hydrogens (tertiary/aromatic N) is 2. The number of fused-ring (bicyclic) bond motifs is 1. The van der Waals surface area contributed by atoms with Gasteiger partial charge in [-0.25, -0.2) is 9.78 Å². The van der Waals surface area contributed by atoms with Gasteiger partial charge >= 0.3 is 5.97 Å². The minimum absolute atomic E-state index is 0.162. The molecule has 0 radical (unpaired) electrons. The number of carbonyl (C=O) groups is 1. The summed E-state index contributed by atoms with van der Waals surface area (Å²) >= 11 is 5.91. The Morgan fingerprint density at radius 3 is 2.72 bits per heavy atom. The van der Waals surface area contributed by atoms with Gasteiger partial charge in [-0.3, -0.25) is 4.40 Å². The van der Waals surface area contributed by atoms with E-state index in [-0.39, 0.29) is 11.6 Å². The number of carboxylic acid groups (broad SMARTS) is 1. The van der Waals surface area contributed by atoms with Gasteiger partial charge in [0.2, 0.25) is 0 Å². The smallest absolute Gasteiger partial charge is 0.354 e. The van der Waals surface area contributed by atoms with E-state index in [9.17, 15) is 9.90 Å². The Kier molecular flexibility index (Phi) is 3.57. The normalized spacial score (nSPS) is 11.3. The van der Waals surface area contributed by atoms with Crippen LogP contribution in [0.4, 0.5) is 0 Å². The van der Waals surface area contributed by atoms with Crippen LogP contribution in [0.3, 0.4) is 0 Å². The number of halogens is 1. The van der Waals surface area contributed by atoms with Crippen LogP contribution in [-0.4, -0.2) is 20.5 Å². The van der Waals surface area contributed by atoms with Crippen LogP contribution in [0.25, 0.3) is 5.65 Å². The molecule has 4 nitrogen and oxygen atoms in total. The monoisotopic (exact) mass is 266 g/mol. The molecule has 5 heteroatoms. The number of carboxylic acids is 1. The molecule has 0 atom stereocenters. The van der Waals surface area contributed by atoms with E-state index >= 15 is 0 Å². The molecule has 18 heavy (non-hydrogen) atoms. The summed E-state index contributed by atoms with van der Waals surface area (Å²) in [6, 6.07) is 3.35. The fraction of sp³-hybridized carbons (Fsp3) is 0.385. The van der Waals surface area contributed by atoms with Crippen molar-refractivity contribution in [1.82, 2.24) is 9.38 Å². The molecule has 0 saturated carbocycles. The molecular weight excluding hydrogens is 252 g/mol. The van der Waals surface area contributed by atoms with Crippen molar-refractivity contribution in [2.45, 2.75) is 32.6 Å². The summed E-state index contributed by atoms with van der Waals surface area (Å²) in [5, 5.41) is 9.92. The van der Waals surface area contributed by atoms with Gasteiger partial charge in [-0.15, -0.1) is 0 Å². The average molecular weight is 267 g/mol. The molecule has 0 aliphatic heterocycles. The van der Waals surface area contributed by atoms with Crippen molar-refractivity contribution in [3.05, 3.63) is 34.7 Å². The molecule has 2 aromatic heterocycles. The summed E-state index contributed by atoms with van der Waals surface area (Å²) in [7, 11) is 0. The quantitative estimate of drug-likeness (QED) is 0.920. The zero-order valence-electron chi connectivity index (χ0n) is 10.4. The van der Waals surface area contributed by atoms with Crippen molar-refractivity contribution in [3.63, 3.8) is 0 Å². The second-order valence-corrected chi connectivity index (χ2v) is 4.67. The summed E-state index contributed by atoms with van der Waals surface area (Å²) in [4.78, 5) is 15.9. The lowest BCUT2D eigenvalue weighted by molar-refractivity contribution is 0.0687. The predicted molar refractivity (Wildman–Crippen MR) is 70.5 cm³/mol. The maximum atomic E-state index is 11.4. The largest absolute Gasteiger partial charge is 0.477 e. The molecule has 0 aliphatic rings. The van der Waals surface area contributed by atoms with Crippen molar-refractivity contribution < 1.29 is 9.90 Å². The second kappa shape index (κ2) is 4.98. The van der Waals surface area contributed by atoms with Gasteiger partial charge in [-0.2, -0.15) is 0 Å². The third kappa shape index (κ3) is 2.08. The summed E-state index contributed by atoms with van der Waals surface area (Å²) in [6.45, 7) is 4.08. The zero-order valence-corrected chi connectivity index (χ0v) is 11.1. The molecule has 0 unspecified atom stereocenters.